The summed E-state index contributed by atoms with van der Waals surface area (Å²) in [5, 5.41) is 0. The Balaban J connectivity index is 1.88. The van der Waals surface area contributed by atoms with Gasteiger partial charge in [-0.05, 0) is 25.7 Å². The minimum Gasteiger partial charge on any atom is -0.345 e. The minimum absolute atomic E-state index is 0.256. The highest BCUT2D eigenvalue weighted by molar-refractivity contribution is 5.93. The van der Waals surface area contributed by atoms with E-state index in [2.05, 4.69) is 15.4 Å². The second-order valence-electron chi connectivity index (χ2n) is 6.53. The number of carbonyl (C=O) groups excluding carboxylic acids is 1. The number of hydrogen-bond acceptors (Lipinski definition) is 3. The van der Waals surface area contributed by atoms with Crippen LogP contribution in [-0.2, 0) is 0 Å². The van der Waals surface area contributed by atoms with E-state index >= 15 is 0 Å². The number of hydrogen-bond donors (Lipinski definition) is 3. The van der Waals surface area contributed by atoms with Gasteiger partial charge >= 0.3 is 0 Å². The second kappa shape index (κ2) is 6.60. The topological polar surface area (TPSA) is 83.8 Å². The van der Waals surface area contributed by atoms with E-state index in [-0.39, 0.29) is 5.91 Å². The molecule has 0 spiro atoms. The summed E-state index contributed by atoms with van der Waals surface area (Å²) in [6.07, 6.45) is 12.3. The maximum absolute atomic E-state index is 12.1. The first-order valence-corrected chi connectivity index (χ1v) is 8.40. The van der Waals surface area contributed by atoms with Gasteiger partial charge in [0.2, 0.25) is 0 Å². The van der Waals surface area contributed by atoms with Crippen molar-refractivity contribution in [1.29, 1.82) is 0 Å². The van der Waals surface area contributed by atoms with E-state index in [0.717, 1.165) is 24.4 Å². The second-order valence-corrected chi connectivity index (χ2v) is 6.53. The van der Waals surface area contributed by atoms with Gasteiger partial charge in [0.1, 0.15) is 5.82 Å². The molecule has 0 aromatic carbocycles. The molecule has 1 aromatic heterocycles. The van der Waals surface area contributed by atoms with Crippen molar-refractivity contribution < 1.29 is 4.79 Å². The van der Waals surface area contributed by atoms with Gasteiger partial charge in [-0.15, -0.1) is 0 Å². The van der Waals surface area contributed by atoms with Gasteiger partial charge in [-0.2, -0.15) is 0 Å². The fourth-order valence-corrected chi connectivity index (χ4v) is 3.90. The minimum atomic E-state index is -0.256. The predicted molar refractivity (Wildman–Crippen MR) is 81.9 cm³/mol. The van der Waals surface area contributed by atoms with Crippen LogP contribution in [0.2, 0.25) is 0 Å². The van der Waals surface area contributed by atoms with E-state index < -0.39 is 0 Å². The van der Waals surface area contributed by atoms with Crippen molar-refractivity contribution in [2.75, 3.05) is 0 Å². The van der Waals surface area contributed by atoms with Crippen LogP contribution in [0.25, 0.3) is 0 Å². The van der Waals surface area contributed by atoms with E-state index in [4.69, 9.17) is 5.84 Å². The number of rotatable bonds is 3. The summed E-state index contributed by atoms with van der Waals surface area (Å²) in [6, 6.07) is 0. The predicted octanol–water partition coefficient (Wildman–Crippen LogP) is 3.11. The van der Waals surface area contributed by atoms with Gasteiger partial charge in [-0.1, -0.05) is 38.5 Å². The van der Waals surface area contributed by atoms with Gasteiger partial charge < -0.3 is 4.98 Å². The number of imidazole rings is 1. The Morgan fingerprint density at radius 2 is 1.57 bits per heavy atom. The van der Waals surface area contributed by atoms with Gasteiger partial charge in [0.15, 0.2) is 5.69 Å². The first-order chi connectivity index (χ1) is 10.3. The first kappa shape index (κ1) is 14.6. The number of nitrogen functional groups attached to an aromatic ring is 1. The number of aromatic amines is 1. The standard InChI is InChI=1S/C16H26N4O/c17-20-16(21)14-13(11-7-3-1-4-8-11)18-15(19-14)12-9-5-2-6-10-12/h11-12H,1-10,17H2,(H,18,19)(H,20,21). The number of amides is 1. The van der Waals surface area contributed by atoms with Crippen LogP contribution >= 0.6 is 0 Å². The summed E-state index contributed by atoms with van der Waals surface area (Å²) in [4.78, 5) is 20.2. The molecule has 2 aliphatic carbocycles. The molecule has 1 heterocycles. The number of nitrogens with two attached hydrogens (primary N) is 1. The van der Waals surface area contributed by atoms with Gasteiger partial charge in [-0.3, -0.25) is 10.2 Å². The number of H-pyrrole nitrogens is 1. The van der Waals surface area contributed by atoms with Crippen LogP contribution in [0.5, 0.6) is 0 Å². The van der Waals surface area contributed by atoms with Crippen molar-refractivity contribution in [1.82, 2.24) is 15.4 Å². The molecule has 2 saturated carbocycles. The molecule has 2 fully saturated rings. The maximum Gasteiger partial charge on any atom is 0.285 e. The van der Waals surface area contributed by atoms with Crippen LogP contribution in [0, 0.1) is 0 Å². The molecule has 0 atom stereocenters. The van der Waals surface area contributed by atoms with E-state index in [9.17, 15) is 4.79 Å². The van der Waals surface area contributed by atoms with Gasteiger partial charge in [0.05, 0.1) is 5.69 Å². The lowest BCUT2D eigenvalue weighted by molar-refractivity contribution is 0.0947. The normalized spacial score (nSPS) is 21.4. The highest BCUT2D eigenvalue weighted by Crippen LogP contribution is 2.36. The van der Waals surface area contributed by atoms with Crippen LogP contribution in [0.1, 0.15) is 98.1 Å². The zero-order valence-corrected chi connectivity index (χ0v) is 12.7. The molecule has 21 heavy (non-hydrogen) atoms. The molecule has 1 aromatic rings. The Bertz CT molecular complexity index is 484. The van der Waals surface area contributed by atoms with Crippen molar-refractivity contribution in [3.8, 4) is 0 Å². The Morgan fingerprint density at radius 1 is 1.00 bits per heavy atom. The lowest BCUT2D eigenvalue weighted by atomic mass is 9.86. The number of carbonyl (C=O) groups is 1. The van der Waals surface area contributed by atoms with Gasteiger partial charge in [-0.25, -0.2) is 10.8 Å². The Labute approximate surface area is 126 Å². The fourth-order valence-electron chi connectivity index (χ4n) is 3.90. The zero-order valence-electron chi connectivity index (χ0n) is 12.7. The van der Waals surface area contributed by atoms with Crippen molar-refractivity contribution in [3.63, 3.8) is 0 Å². The Hall–Kier alpha value is -1.36. The number of aromatic nitrogens is 2. The molecule has 5 heteroatoms. The highest BCUT2D eigenvalue weighted by atomic mass is 16.2. The quantitative estimate of drug-likeness (QED) is 0.454. The third-order valence-corrected chi connectivity index (χ3v) is 5.10. The molecular weight excluding hydrogens is 264 g/mol. The van der Waals surface area contributed by atoms with Crippen LogP contribution in [0.3, 0.4) is 0 Å². The average molecular weight is 290 g/mol. The largest absolute Gasteiger partial charge is 0.345 e. The molecule has 1 amide bonds. The van der Waals surface area contributed by atoms with Crippen molar-refractivity contribution >= 4 is 5.91 Å². The SMILES string of the molecule is NNC(=O)c1nc(C2CCCCC2)[nH]c1C1CCCCC1. The lowest BCUT2D eigenvalue weighted by Crippen LogP contribution is -2.31. The molecule has 0 aliphatic heterocycles. The molecule has 0 radical (unpaired) electrons. The van der Waals surface area contributed by atoms with Crippen molar-refractivity contribution in [3.05, 3.63) is 17.2 Å². The van der Waals surface area contributed by atoms with Crippen LogP contribution in [0.4, 0.5) is 0 Å². The van der Waals surface area contributed by atoms with Crippen molar-refractivity contribution in [2.45, 2.75) is 76.0 Å². The average Bonchev–Trinajstić information content (AvgIpc) is 3.01. The van der Waals surface area contributed by atoms with Crippen LogP contribution in [-0.4, -0.2) is 15.9 Å². The maximum atomic E-state index is 12.1. The number of nitrogens with one attached hydrogen (secondary N) is 2. The summed E-state index contributed by atoms with van der Waals surface area (Å²) < 4.78 is 0. The third kappa shape index (κ3) is 3.12. The van der Waals surface area contributed by atoms with Crippen molar-refractivity contribution in [2.24, 2.45) is 5.84 Å². The summed E-state index contributed by atoms with van der Waals surface area (Å²) in [5.74, 6) is 7.02. The molecule has 5 nitrogen and oxygen atoms in total. The third-order valence-electron chi connectivity index (χ3n) is 5.10. The summed E-state index contributed by atoms with van der Waals surface area (Å²) in [5.41, 5.74) is 3.81. The zero-order chi connectivity index (χ0) is 14.7. The number of nitrogens with zero attached hydrogens (tertiary/aromatic N) is 1. The highest BCUT2D eigenvalue weighted by Gasteiger charge is 2.28. The number of hydrazine groups is 1. The van der Waals surface area contributed by atoms with Gasteiger partial charge in [0.25, 0.3) is 5.91 Å². The first-order valence-electron chi connectivity index (χ1n) is 8.40. The van der Waals surface area contributed by atoms with Crippen LogP contribution in [0.15, 0.2) is 0 Å². The molecule has 0 saturated heterocycles. The fraction of sp³-hybridized carbons (Fsp3) is 0.750. The van der Waals surface area contributed by atoms with E-state index in [1.165, 1.54) is 51.4 Å². The van der Waals surface area contributed by atoms with Gasteiger partial charge in [0, 0.05) is 11.8 Å². The molecule has 3 rings (SSSR count). The van der Waals surface area contributed by atoms with E-state index in [1.54, 1.807) is 0 Å². The summed E-state index contributed by atoms with van der Waals surface area (Å²) >= 11 is 0. The van der Waals surface area contributed by atoms with E-state index in [1.807, 2.05) is 0 Å². The molecular formula is C16H26N4O. The smallest absolute Gasteiger partial charge is 0.285 e. The molecule has 4 N–H and O–H groups in total. The summed E-state index contributed by atoms with van der Waals surface area (Å²) in [7, 11) is 0. The molecule has 116 valence electrons. The lowest BCUT2D eigenvalue weighted by Gasteiger charge is -2.22. The molecule has 2 aliphatic rings. The Kier molecular flexibility index (Phi) is 4.58. The summed E-state index contributed by atoms with van der Waals surface area (Å²) in [6.45, 7) is 0. The molecule has 0 unspecified atom stereocenters. The Morgan fingerprint density at radius 3 is 2.14 bits per heavy atom. The van der Waals surface area contributed by atoms with E-state index in [0.29, 0.717) is 17.5 Å². The molecule has 0 bridgehead atoms. The van der Waals surface area contributed by atoms with Crippen LogP contribution < -0.4 is 11.3 Å². The monoisotopic (exact) mass is 290 g/mol.